The Kier molecular flexibility index (Phi) is 3.67. The van der Waals surface area contributed by atoms with Gasteiger partial charge in [-0.2, -0.15) is 5.10 Å². The molecule has 0 fully saturated rings. The fourth-order valence-electron chi connectivity index (χ4n) is 1.77. The number of aromatic nitrogens is 3. The molecule has 0 aliphatic rings. The minimum absolute atomic E-state index is 0.113. The van der Waals surface area contributed by atoms with Crippen molar-refractivity contribution in [2.24, 2.45) is 5.10 Å². The zero-order valence-electron chi connectivity index (χ0n) is 11.0. The number of carbonyl (C=O) groups is 1. The van der Waals surface area contributed by atoms with Gasteiger partial charge >= 0.3 is 0 Å². The van der Waals surface area contributed by atoms with Crippen LogP contribution in [0.1, 0.15) is 16.1 Å². The average Bonchev–Trinajstić information content (AvgIpc) is 2.94. The molecular weight excluding hydrogens is 308 g/mol. The molecule has 1 amide bonds. The highest BCUT2D eigenvalue weighted by Crippen LogP contribution is 2.18. The molecule has 0 aliphatic heterocycles. The van der Waals surface area contributed by atoms with Gasteiger partial charge < -0.3 is 5.73 Å². The zero-order valence-corrected chi connectivity index (χ0v) is 11.8. The molecule has 0 saturated heterocycles. The Morgan fingerprint density at radius 2 is 2.18 bits per heavy atom. The van der Waals surface area contributed by atoms with Gasteiger partial charge in [0.1, 0.15) is 5.15 Å². The third-order valence-electron chi connectivity index (χ3n) is 2.80. The van der Waals surface area contributed by atoms with Crippen LogP contribution in [-0.2, 0) is 0 Å². The highest BCUT2D eigenvalue weighted by molar-refractivity contribution is 6.32. The van der Waals surface area contributed by atoms with Crippen LogP contribution in [0.3, 0.4) is 0 Å². The third kappa shape index (κ3) is 2.72. The van der Waals surface area contributed by atoms with Crippen LogP contribution in [0.5, 0.6) is 0 Å². The van der Waals surface area contributed by atoms with Gasteiger partial charge in [0.2, 0.25) is 11.5 Å². The standard InChI is InChI=1S/C13H9ClN6O2/c14-11-8(5-7-3-1-2-4-9(7)17-11)6-16-18-13(21)10-12(15)20-22-19-10/h1-6H,(H2,15,20)(H,18,21)/b16-6+. The van der Waals surface area contributed by atoms with Gasteiger partial charge in [0.05, 0.1) is 11.7 Å². The molecule has 0 unspecified atom stereocenters. The number of para-hydroxylation sites is 1. The van der Waals surface area contributed by atoms with E-state index in [9.17, 15) is 4.79 Å². The van der Waals surface area contributed by atoms with E-state index in [-0.39, 0.29) is 16.7 Å². The van der Waals surface area contributed by atoms with Gasteiger partial charge in [0, 0.05) is 10.9 Å². The van der Waals surface area contributed by atoms with Crippen LogP contribution in [0.25, 0.3) is 10.9 Å². The molecule has 110 valence electrons. The fraction of sp³-hybridized carbons (Fsp3) is 0. The Bertz CT molecular complexity index is 876. The normalized spacial score (nSPS) is 11.1. The van der Waals surface area contributed by atoms with Gasteiger partial charge in [-0.15, -0.1) is 0 Å². The second kappa shape index (κ2) is 5.78. The van der Waals surface area contributed by atoms with Crippen molar-refractivity contribution in [3.05, 3.63) is 46.7 Å². The quantitative estimate of drug-likeness (QED) is 0.430. The minimum atomic E-state index is -0.639. The number of fused-ring (bicyclic) bond motifs is 1. The lowest BCUT2D eigenvalue weighted by molar-refractivity contribution is 0.0946. The summed E-state index contributed by atoms with van der Waals surface area (Å²) in [4.78, 5) is 15.9. The minimum Gasteiger partial charge on any atom is -0.379 e. The molecule has 3 aromatic rings. The molecule has 2 heterocycles. The maximum Gasteiger partial charge on any atom is 0.297 e. The van der Waals surface area contributed by atoms with Gasteiger partial charge in [-0.25, -0.2) is 15.0 Å². The van der Waals surface area contributed by atoms with E-state index in [1.165, 1.54) is 6.21 Å². The molecule has 0 aliphatic carbocycles. The number of carbonyl (C=O) groups excluding carboxylic acids is 1. The zero-order chi connectivity index (χ0) is 15.5. The maximum atomic E-state index is 11.7. The number of rotatable bonds is 3. The number of nitrogens with zero attached hydrogens (tertiary/aromatic N) is 4. The number of nitrogen functional groups attached to an aromatic ring is 1. The SMILES string of the molecule is Nc1nonc1C(=O)N/N=C/c1cc2ccccc2nc1Cl. The summed E-state index contributed by atoms with van der Waals surface area (Å²) in [5.41, 5.74) is 8.85. The van der Waals surface area contributed by atoms with E-state index in [0.717, 1.165) is 10.9 Å². The maximum absolute atomic E-state index is 11.7. The Labute approximate surface area is 128 Å². The summed E-state index contributed by atoms with van der Waals surface area (Å²) in [6.45, 7) is 0. The van der Waals surface area contributed by atoms with Gasteiger partial charge in [-0.3, -0.25) is 4.79 Å². The van der Waals surface area contributed by atoms with E-state index in [1.807, 2.05) is 30.3 Å². The van der Waals surface area contributed by atoms with Crippen molar-refractivity contribution in [2.75, 3.05) is 5.73 Å². The van der Waals surface area contributed by atoms with Crippen LogP contribution >= 0.6 is 11.6 Å². The number of hydrogen-bond acceptors (Lipinski definition) is 7. The molecule has 2 aromatic heterocycles. The summed E-state index contributed by atoms with van der Waals surface area (Å²) < 4.78 is 4.33. The van der Waals surface area contributed by atoms with Crippen LogP contribution in [0.15, 0.2) is 40.1 Å². The van der Waals surface area contributed by atoms with Gasteiger partial charge in [0.15, 0.2) is 0 Å². The van der Waals surface area contributed by atoms with Crippen LogP contribution in [0, 0.1) is 0 Å². The summed E-state index contributed by atoms with van der Waals surface area (Å²) in [5, 5.41) is 11.6. The molecule has 0 radical (unpaired) electrons. The van der Waals surface area contributed by atoms with Crippen molar-refractivity contribution < 1.29 is 9.42 Å². The smallest absolute Gasteiger partial charge is 0.297 e. The lowest BCUT2D eigenvalue weighted by atomic mass is 10.2. The fourth-order valence-corrected chi connectivity index (χ4v) is 1.96. The number of hydrogen-bond donors (Lipinski definition) is 2. The van der Waals surface area contributed by atoms with E-state index in [2.05, 4.69) is 30.5 Å². The molecule has 9 heteroatoms. The molecule has 0 atom stereocenters. The first kappa shape index (κ1) is 14.0. The van der Waals surface area contributed by atoms with Crippen LogP contribution in [0.2, 0.25) is 5.15 Å². The van der Waals surface area contributed by atoms with Crippen molar-refractivity contribution in [1.82, 2.24) is 20.7 Å². The third-order valence-corrected chi connectivity index (χ3v) is 3.11. The predicted octanol–water partition coefficient (Wildman–Crippen LogP) is 1.62. The van der Waals surface area contributed by atoms with Crippen molar-refractivity contribution in [3.63, 3.8) is 0 Å². The Morgan fingerprint density at radius 1 is 1.36 bits per heavy atom. The second-order valence-corrected chi connectivity index (χ2v) is 4.62. The highest BCUT2D eigenvalue weighted by atomic mass is 35.5. The van der Waals surface area contributed by atoms with Gasteiger partial charge in [0.25, 0.3) is 5.91 Å². The number of halogens is 1. The lowest BCUT2D eigenvalue weighted by Crippen LogP contribution is -2.19. The number of anilines is 1. The summed E-state index contributed by atoms with van der Waals surface area (Å²) in [6.07, 6.45) is 1.38. The molecule has 22 heavy (non-hydrogen) atoms. The first-order chi connectivity index (χ1) is 10.6. The van der Waals surface area contributed by atoms with E-state index >= 15 is 0 Å². The number of amides is 1. The average molecular weight is 317 g/mol. The molecule has 8 nitrogen and oxygen atoms in total. The Balaban J connectivity index is 1.79. The molecule has 0 spiro atoms. The lowest BCUT2D eigenvalue weighted by Gasteiger charge is -2.01. The number of benzene rings is 1. The topological polar surface area (TPSA) is 119 Å². The first-order valence-electron chi connectivity index (χ1n) is 6.12. The van der Waals surface area contributed by atoms with Crippen LogP contribution in [0.4, 0.5) is 5.82 Å². The summed E-state index contributed by atoms with van der Waals surface area (Å²) >= 11 is 6.07. The molecular formula is C13H9ClN6O2. The second-order valence-electron chi connectivity index (χ2n) is 4.26. The van der Waals surface area contributed by atoms with E-state index in [4.69, 9.17) is 17.3 Å². The van der Waals surface area contributed by atoms with Gasteiger partial charge in [-0.1, -0.05) is 29.8 Å². The number of hydrazone groups is 1. The molecule has 0 saturated carbocycles. The molecule has 0 bridgehead atoms. The van der Waals surface area contributed by atoms with Crippen molar-refractivity contribution in [2.45, 2.75) is 0 Å². The number of pyridine rings is 1. The largest absolute Gasteiger partial charge is 0.379 e. The number of nitrogens with two attached hydrogens (primary N) is 1. The summed E-state index contributed by atoms with van der Waals surface area (Å²) in [6, 6.07) is 9.32. The number of nitrogens with one attached hydrogen (secondary N) is 1. The highest BCUT2D eigenvalue weighted by Gasteiger charge is 2.14. The van der Waals surface area contributed by atoms with Crippen molar-refractivity contribution in [1.29, 1.82) is 0 Å². The summed E-state index contributed by atoms with van der Waals surface area (Å²) in [5.74, 6) is -0.752. The van der Waals surface area contributed by atoms with Crippen molar-refractivity contribution in [3.8, 4) is 0 Å². The Hall–Kier alpha value is -3.00. The molecule has 3 N–H and O–H groups in total. The van der Waals surface area contributed by atoms with Crippen LogP contribution in [-0.4, -0.2) is 27.4 Å². The van der Waals surface area contributed by atoms with E-state index in [0.29, 0.717) is 5.56 Å². The Morgan fingerprint density at radius 3 is 2.95 bits per heavy atom. The van der Waals surface area contributed by atoms with Gasteiger partial charge in [-0.05, 0) is 22.4 Å². The molecule has 1 aromatic carbocycles. The molecule has 3 rings (SSSR count). The van der Waals surface area contributed by atoms with E-state index in [1.54, 1.807) is 0 Å². The van der Waals surface area contributed by atoms with E-state index < -0.39 is 5.91 Å². The first-order valence-corrected chi connectivity index (χ1v) is 6.49. The van der Waals surface area contributed by atoms with Crippen molar-refractivity contribution >= 4 is 40.4 Å². The van der Waals surface area contributed by atoms with Crippen LogP contribution < -0.4 is 11.2 Å². The monoisotopic (exact) mass is 316 g/mol. The summed E-state index contributed by atoms with van der Waals surface area (Å²) in [7, 11) is 0. The predicted molar refractivity (Wildman–Crippen MR) is 80.5 cm³/mol.